The molecule has 154 valence electrons. The minimum absolute atomic E-state index is 0.00569. The number of nitrogens with zero attached hydrogens (tertiary/aromatic N) is 1. The summed E-state index contributed by atoms with van der Waals surface area (Å²) in [5.41, 5.74) is 2.91. The summed E-state index contributed by atoms with van der Waals surface area (Å²) in [5, 5.41) is 5.95. The molecular weight excluding hydrogens is 366 g/mol. The van der Waals surface area contributed by atoms with Crippen molar-refractivity contribution in [2.24, 2.45) is 0 Å². The lowest BCUT2D eigenvalue weighted by Crippen LogP contribution is -2.48. The summed E-state index contributed by atoms with van der Waals surface area (Å²) in [5.74, 6) is -0.00569. The Hall–Kier alpha value is -2.86. The van der Waals surface area contributed by atoms with Gasteiger partial charge >= 0.3 is 6.09 Å². The van der Waals surface area contributed by atoms with Crippen LogP contribution in [-0.2, 0) is 9.53 Å². The summed E-state index contributed by atoms with van der Waals surface area (Å²) in [6, 6.07) is 18.0. The topological polar surface area (TPSA) is 70.7 Å². The number of nitrogens with one attached hydrogen (secondary N) is 2. The van der Waals surface area contributed by atoms with Crippen LogP contribution >= 0.6 is 0 Å². The molecule has 1 aliphatic rings. The van der Waals surface area contributed by atoms with Crippen molar-refractivity contribution in [3.8, 4) is 11.1 Å². The van der Waals surface area contributed by atoms with Crippen LogP contribution < -0.4 is 10.6 Å². The van der Waals surface area contributed by atoms with Gasteiger partial charge in [0.2, 0.25) is 5.91 Å². The summed E-state index contributed by atoms with van der Waals surface area (Å²) < 4.78 is 4.96. The number of hydrogen-bond donors (Lipinski definition) is 2. The maximum atomic E-state index is 12.6. The number of carbonyl (C=O) groups is 2. The number of para-hydroxylation sites is 1. The van der Waals surface area contributed by atoms with E-state index in [0.717, 1.165) is 42.7 Å². The second kappa shape index (κ2) is 10.6. The first kappa shape index (κ1) is 20.9. The van der Waals surface area contributed by atoms with Crippen LogP contribution in [0.15, 0.2) is 54.6 Å². The molecule has 1 unspecified atom stereocenters. The van der Waals surface area contributed by atoms with Crippen LogP contribution in [0.3, 0.4) is 0 Å². The van der Waals surface area contributed by atoms with E-state index in [1.165, 1.54) is 0 Å². The maximum Gasteiger partial charge on any atom is 0.407 e. The molecule has 2 aromatic carbocycles. The SMILES string of the molecule is CCOC(=O)NC1CCCN(CCC(=O)Nc2ccccc2-c2ccccc2)C1. The fourth-order valence-electron chi connectivity index (χ4n) is 3.65. The Morgan fingerprint density at radius 3 is 2.66 bits per heavy atom. The predicted molar refractivity (Wildman–Crippen MR) is 115 cm³/mol. The van der Waals surface area contributed by atoms with Crippen LogP contribution in [-0.4, -0.2) is 49.2 Å². The number of alkyl carbamates (subject to hydrolysis) is 1. The van der Waals surface area contributed by atoms with Gasteiger partial charge in [0, 0.05) is 36.8 Å². The van der Waals surface area contributed by atoms with Crippen LogP contribution in [0.2, 0.25) is 0 Å². The summed E-state index contributed by atoms with van der Waals surface area (Å²) in [4.78, 5) is 26.4. The third-order valence-electron chi connectivity index (χ3n) is 5.04. The van der Waals surface area contributed by atoms with Crippen molar-refractivity contribution in [2.75, 3.05) is 31.6 Å². The van der Waals surface area contributed by atoms with Crippen molar-refractivity contribution in [3.63, 3.8) is 0 Å². The monoisotopic (exact) mass is 395 g/mol. The normalized spacial score (nSPS) is 16.8. The van der Waals surface area contributed by atoms with Gasteiger partial charge in [0.15, 0.2) is 0 Å². The summed E-state index contributed by atoms with van der Waals surface area (Å²) in [7, 11) is 0. The Kier molecular flexibility index (Phi) is 7.64. The van der Waals surface area contributed by atoms with Crippen LogP contribution in [0.5, 0.6) is 0 Å². The minimum Gasteiger partial charge on any atom is -0.450 e. The van der Waals surface area contributed by atoms with Gasteiger partial charge in [0.05, 0.1) is 6.61 Å². The molecule has 0 aliphatic carbocycles. The van der Waals surface area contributed by atoms with Gasteiger partial charge in [-0.15, -0.1) is 0 Å². The molecule has 6 heteroatoms. The van der Waals surface area contributed by atoms with Gasteiger partial charge in [0.25, 0.3) is 0 Å². The van der Waals surface area contributed by atoms with E-state index in [1.54, 1.807) is 6.92 Å². The maximum absolute atomic E-state index is 12.6. The second-order valence-electron chi connectivity index (χ2n) is 7.21. The molecule has 1 saturated heterocycles. The number of benzene rings is 2. The van der Waals surface area contributed by atoms with E-state index in [2.05, 4.69) is 15.5 Å². The fraction of sp³-hybridized carbons (Fsp3) is 0.391. The second-order valence-corrected chi connectivity index (χ2v) is 7.21. The average molecular weight is 396 g/mol. The van der Waals surface area contributed by atoms with Gasteiger partial charge in [-0.1, -0.05) is 48.5 Å². The zero-order valence-corrected chi connectivity index (χ0v) is 16.9. The molecule has 0 aromatic heterocycles. The number of anilines is 1. The minimum atomic E-state index is -0.366. The number of carbonyl (C=O) groups excluding carboxylic acids is 2. The van der Waals surface area contributed by atoms with Crippen molar-refractivity contribution >= 4 is 17.7 Å². The Morgan fingerprint density at radius 1 is 1.10 bits per heavy atom. The van der Waals surface area contributed by atoms with Gasteiger partial charge in [0.1, 0.15) is 0 Å². The molecule has 0 radical (unpaired) electrons. The van der Waals surface area contributed by atoms with E-state index in [-0.39, 0.29) is 18.0 Å². The summed E-state index contributed by atoms with van der Waals surface area (Å²) >= 11 is 0. The number of hydrogen-bond acceptors (Lipinski definition) is 4. The number of rotatable bonds is 7. The Morgan fingerprint density at radius 2 is 1.86 bits per heavy atom. The molecule has 1 fully saturated rings. The lowest BCUT2D eigenvalue weighted by molar-refractivity contribution is -0.116. The van der Waals surface area contributed by atoms with Gasteiger partial charge in [-0.25, -0.2) is 4.79 Å². The molecule has 0 saturated carbocycles. The first-order valence-electron chi connectivity index (χ1n) is 10.3. The Balaban J connectivity index is 1.51. The van der Waals surface area contributed by atoms with Gasteiger partial charge in [-0.05, 0) is 37.9 Å². The number of ether oxygens (including phenoxy) is 1. The molecule has 2 amide bonds. The highest BCUT2D eigenvalue weighted by atomic mass is 16.5. The van der Waals surface area contributed by atoms with Gasteiger partial charge in [-0.2, -0.15) is 0 Å². The number of piperidine rings is 1. The summed E-state index contributed by atoms with van der Waals surface area (Å²) in [6.45, 7) is 4.51. The average Bonchev–Trinajstić information content (AvgIpc) is 2.74. The molecule has 0 spiro atoms. The highest BCUT2D eigenvalue weighted by molar-refractivity contribution is 5.95. The zero-order chi connectivity index (χ0) is 20.5. The molecule has 1 aliphatic heterocycles. The van der Waals surface area contributed by atoms with E-state index in [4.69, 9.17) is 4.74 Å². The summed E-state index contributed by atoms with van der Waals surface area (Å²) in [6.07, 6.45) is 1.98. The van der Waals surface area contributed by atoms with E-state index in [1.807, 2.05) is 54.6 Å². The molecule has 2 N–H and O–H groups in total. The van der Waals surface area contributed by atoms with Crippen molar-refractivity contribution < 1.29 is 14.3 Å². The fourth-order valence-corrected chi connectivity index (χ4v) is 3.65. The first-order chi connectivity index (χ1) is 14.2. The standard InChI is InChI=1S/C23H29N3O3/c1-2-29-23(28)24-19-11-8-15-26(17-19)16-14-22(27)25-21-13-7-6-12-20(21)18-9-4-3-5-10-18/h3-7,9-10,12-13,19H,2,8,11,14-17H2,1H3,(H,24,28)(H,25,27). The third kappa shape index (κ3) is 6.32. The van der Waals surface area contributed by atoms with Gasteiger partial charge < -0.3 is 20.3 Å². The van der Waals surface area contributed by atoms with Gasteiger partial charge in [-0.3, -0.25) is 4.79 Å². The number of likely N-dealkylation sites (tertiary alicyclic amines) is 1. The van der Waals surface area contributed by atoms with Crippen molar-refractivity contribution in [1.82, 2.24) is 10.2 Å². The molecule has 6 nitrogen and oxygen atoms in total. The molecule has 0 bridgehead atoms. The largest absolute Gasteiger partial charge is 0.450 e. The molecule has 1 atom stereocenters. The third-order valence-corrected chi connectivity index (χ3v) is 5.04. The van der Waals surface area contributed by atoms with E-state index < -0.39 is 0 Å². The lowest BCUT2D eigenvalue weighted by Gasteiger charge is -2.32. The van der Waals surface area contributed by atoms with E-state index in [0.29, 0.717) is 19.6 Å². The van der Waals surface area contributed by atoms with Crippen molar-refractivity contribution in [3.05, 3.63) is 54.6 Å². The molecule has 1 heterocycles. The first-order valence-corrected chi connectivity index (χ1v) is 10.3. The van der Waals surface area contributed by atoms with Crippen LogP contribution in [0.25, 0.3) is 11.1 Å². The molecule has 2 aromatic rings. The molecule has 3 rings (SSSR count). The van der Waals surface area contributed by atoms with E-state index in [9.17, 15) is 9.59 Å². The van der Waals surface area contributed by atoms with Crippen LogP contribution in [0.1, 0.15) is 26.2 Å². The predicted octanol–water partition coefficient (Wildman–Crippen LogP) is 3.89. The smallest absolute Gasteiger partial charge is 0.407 e. The van der Waals surface area contributed by atoms with Crippen molar-refractivity contribution in [2.45, 2.75) is 32.2 Å². The van der Waals surface area contributed by atoms with E-state index >= 15 is 0 Å². The number of amides is 2. The molecule has 29 heavy (non-hydrogen) atoms. The van der Waals surface area contributed by atoms with Crippen LogP contribution in [0, 0.1) is 0 Å². The quantitative estimate of drug-likeness (QED) is 0.746. The molecular formula is C23H29N3O3. The van der Waals surface area contributed by atoms with Crippen molar-refractivity contribution in [1.29, 1.82) is 0 Å². The Bertz CT molecular complexity index is 810. The lowest BCUT2D eigenvalue weighted by atomic mass is 10.0. The highest BCUT2D eigenvalue weighted by Crippen LogP contribution is 2.27. The van der Waals surface area contributed by atoms with Crippen LogP contribution in [0.4, 0.5) is 10.5 Å². The highest BCUT2D eigenvalue weighted by Gasteiger charge is 2.22. The Labute approximate surface area is 172 Å². The zero-order valence-electron chi connectivity index (χ0n) is 16.9.